The molecule has 0 bridgehead atoms. The van der Waals surface area contributed by atoms with Gasteiger partial charge in [-0.3, -0.25) is 9.48 Å². The Balaban J connectivity index is 1.50. The van der Waals surface area contributed by atoms with Crippen LogP contribution in [0.5, 0.6) is 5.75 Å². The van der Waals surface area contributed by atoms with Gasteiger partial charge in [0.1, 0.15) is 5.75 Å². The molecule has 0 atom stereocenters. The number of hydrogen-bond acceptors (Lipinski definition) is 3. The number of amides is 1. The lowest BCUT2D eigenvalue weighted by atomic mass is 10.1. The zero-order chi connectivity index (χ0) is 15.5. The molecule has 1 saturated carbocycles. The van der Waals surface area contributed by atoms with Gasteiger partial charge in [-0.15, -0.1) is 0 Å². The summed E-state index contributed by atoms with van der Waals surface area (Å²) >= 11 is 0. The maximum absolute atomic E-state index is 11.9. The number of nitrogens with one attached hydrogen (secondary N) is 1. The molecule has 1 fully saturated rings. The number of anilines is 1. The van der Waals surface area contributed by atoms with E-state index in [-0.39, 0.29) is 12.5 Å². The molecule has 1 amide bonds. The van der Waals surface area contributed by atoms with Crippen LogP contribution in [0.4, 0.5) is 5.69 Å². The van der Waals surface area contributed by atoms with Crippen LogP contribution >= 0.6 is 0 Å². The number of carbonyl (C=O) groups excluding carboxylic acids is 1. The van der Waals surface area contributed by atoms with Crippen LogP contribution in [0.1, 0.15) is 24.0 Å². The van der Waals surface area contributed by atoms with E-state index in [1.165, 1.54) is 12.8 Å². The number of ether oxygens (including phenoxy) is 1. The molecule has 22 heavy (non-hydrogen) atoms. The van der Waals surface area contributed by atoms with Crippen molar-refractivity contribution in [3.8, 4) is 5.75 Å². The molecule has 116 valence electrons. The Kier molecular flexibility index (Phi) is 4.13. The molecule has 3 rings (SSSR count). The fourth-order valence-electron chi connectivity index (χ4n) is 2.46. The minimum atomic E-state index is -0.176. The molecule has 1 aromatic carbocycles. The molecule has 0 unspecified atom stereocenters. The smallest absolute Gasteiger partial charge is 0.262 e. The first kappa shape index (κ1) is 14.6. The first-order chi connectivity index (χ1) is 10.6. The summed E-state index contributed by atoms with van der Waals surface area (Å²) in [4.78, 5) is 11.9. The van der Waals surface area contributed by atoms with Crippen LogP contribution in [-0.2, 0) is 11.3 Å². The van der Waals surface area contributed by atoms with Crippen LogP contribution in [0.25, 0.3) is 0 Å². The molecule has 0 saturated heterocycles. The fraction of sp³-hybridized carbons (Fsp3) is 0.412. The van der Waals surface area contributed by atoms with E-state index in [2.05, 4.69) is 16.5 Å². The van der Waals surface area contributed by atoms with E-state index < -0.39 is 0 Å². The van der Waals surface area contributed by atoms with Crippen molar-refractivity contribution in [1.82, 2.24) is 9.78 Å². The van der Waals surface area contributed by atoms with Crippen molar-refractivity contribution in [3.05, 3.63) is 41.7 Å². The SMILES string of the molecule is Cc1cc(C)cc(OCC(=O)Nc2cnn(CC3CC3)c2)c1. The van der Waals surface area contributed by atoms with Crippen molar-refractivity contribution in [1.29, 1.82) is 0 Å². The van der Waals surface area contributed by atoms with Gasteiger partial charge in [0, 0.05) is 12.7 Å². The third-order valence-electron chi connectivity index (χ3n) is 3.62. The predicted octanol–water partition coefficient (Wildman–Crippen LogP) is 2.93. The first-order valence-electron chi connectivity index (χ1n) is 7.62. The Morgan fingerprint density at radius 3 is 2.73 bits per heavy atom. The monoisotopic (exact) mass is 299 g/mol. The molecule has 1 aliphatic carbocycles. The minimum absolute atomic E-state index is 0.00328. The lowest BCUT2D eigenvalue weighted by Crippen LogP contribution is -2.20. The molecule has 1 aliphatic rings. The van der Waals surface area contributed by atoms with Crippen molar-refractivity contribution in [2.75, 3.05) is 11.9 Å². The van der Waals surface area contributed by atoms with E-state index in [9.17, 15) is 4.79 Å². The summed E-state index contributed by atoms with van der Waals surface area (Å²) in [5, 5.41) is 7.06. The highest BCUT2D eigenvalue weighted by Gasteiger charge is 2.22. The van der Waals surface area contributed by atoms with Crippen molar-refractivity contribution in [3.63, 3.8) is 0 Å². The highest BCUT2D eigenvalue weighted by molar-refractivity contribution is 5.91. The van der Waals surface area contributed by atoms with E-state index in [4.69, 9.17) is 4.74 Å². The molecule has 0 radical (unpaired) electrons. The van der Waals surface area contributed by atoms with Gasteiger partial charge < -0.3 is 10.1 Å². The van der Waals surface area contributed by atoms with E-state index in [0.29, 0.717) is 0 Å². The number of rotatable bonds is 6. The molecule has 1 N–H and O–H groups in total. The second-order valence-corrected chi connectivity index (χ2v) is 6.05. The molecule has 1 aromatic heterocycles. The van der Waals surface area contributed by atoms with Gasteiger partial charge in [-0.25, -0.2) is 0 Å². The van der Waals surface area contributed by atoms with Crippen LogP contribution in [0, 0.1) is 19.8 Å². The summed E-state index contributed by atoms with van der Waals surface area (Å²) < 4.78 is 7.43. The zero-order valence-electron chi connectivity index (χ0n) is 13.0. The van der Waals surface area contributed by atoms with Gasteiger partial charge >= 0.3 is 0 Å². The normalized spacial score (nSPS) is 13.9. The van der Waals surface area contributed by atoms with E-state index in [1.807, 2.05) is 36.9 Å². The van der Waals surface area contributed by atoms with Crippen molar-refractivity contribution >= 4 is 11.6 Å². The Labute approximate surface area is 130 Å². The summed E-state index contributed by atoms with van der Waals surface area (Å²) in [6, 6.07) is 5.92. The van der Waals surface area contributed by atoms with E-state index in [0.717, 1.165) is 35.0 Å². The fourth-order valence-corrected chi connectivity index (χ4v) is 2.46. The first-order valence-corrected chi connectivity index (χ1v) is 7.62. The summed E-state index contributed by atoms with van der Waals surface area (Å²) in [7, 11) is 0. The maximum atomic E-state index is 11.9. The second-order valence-electron chi connectivity index (χ2n) is 6.05. The van der Waals surface area contributed by atoms with Gasteiger partial charge in [-0.05, 0) is 55.9 Å². The molecule has 5 nitrogen and oxygen atoms in total. The van der Waals surface area contributed by atoms with Crippen LogP contribution in [0.2, 0.25) is 0 Å². The lowest BCUT2D eigenvalue weighted by Gasteiger charge is -2.08. The number of carbonyl (C=O) groups is 1. The topological polar surface area (TPSA) is 56.1 Å². The standard InChI is InChI=1S/C17H21N3O2/c1-12-5-13(2)7-16(6-12)22-11-17(21)19-15-8-18-20(10-15)9-14-3-4-14/h5-8,10,14H,3-4,9,11H2,1-2H3,(H,19,21). The van der Waals surface area contributed by atoms with Crippen molar-refractivity contribution < 1.29 is 9.53 Å². The maximum Gasteiger partial charge on any atom is 0.262 e. The number of hydrogen-bond donors (Lipinski definition) is 1. The number of aryl methyl sites for hydroxylation is 2. The molecule has 5 heteroatoms. The minimum Gasteiger partial charge on any atom is -0.484 e. The quantitative estimate of drug-likeness (QED) is 0.892. The van der Waals surface area contributed by atoms with Gasteiger partial charge in [0.05, 0.1) is 11.9 Å². The van der Waals surface area contributed by atoms with Gasteiger partial charge in [0.2, 0.25) is 0 Å². The summed E-state index contributed by atoms with van der Waals surface area (Å²) in [5.74, 6) is 1.30. The largest absolute Gasteiger partial charge is 0.484 e. The number of benzene rings is 1. The third-order valence-corrected chi connectivity index (χ3v) is 3.62. The third kappa shape index (κ3) is 4.10. The van der Waals surface area contributed by atoms with Crippen LogP contribution in [-0.4, -0.2) is 22.3 Å². The average Bonchev–Trinajstić information content (AvgIpc) is 3.15. The van der Waals surface area contributed by atoms with E-state index >= 15 is 0 Å². The van der Waals surface area contributed by atoms with E-state index in [1.54, 1.807) is 6.20 Å². The Morgan fingerprint density at radius 1 is 1.32 bits per heavy atom. The Hall–Kier alpha value is -2.30. The average molecular weight is 299 g/mol. The summed E-state index contributed by atoms with van der Waals surface area (Å²) in [6.45, 7) is 4.95. The highest BCUT2D eigenvalue weighted by atomic mass is 16.5. The molecular formula is C17H21N3O2. The van der Waals surface area contributed by atoms with Crippen molar-refractivity contribution in [2.24, 2.45) is 5.92 Å². The summed E-state index contributed by atoms with van der Waals surface area (Å²) in [6.07, 6.45) is 6.11. The summed E-state index contributed by atoms with van der Waals surface area (Å²) in [5.41, 5.74) is 2.96. The lowest BCUT2D eigenvalue weighted by molar-refractivity contribution is -0.118. The molecule has 0 aliphatic heterocycles. The van der Waals surface area contributed by atoms with Crippen LogP contribution in [0.3, 0.4) is 0 Å². The molecule has 0 spiro atoms. The highest BCUT2D eigenvalue weighted by Crippen LogP contribution is 2.30. The van der Waals surface area contributed by atoms with Crippen molar-refractivity contribution in [2.45, 2.75) is 33.2 Å². The van der Waals surface area contributed by atoms with Crippen LogP contribution < -0.4 is 10.1 Å². The second kappa shape index (κ2) is 6.22. The van der Waals surface area contributed by atoms with Gasteiger partial charge in [-0.1, -0.05) is 6.07 Å². The number of aromatic nitrogens is 2. The number of nitrogens with zero attached hydrogens (tertiary/aromatic N) is 2. The van der Waals surface area contributed by atoms with Crippen LogP contribution in [0.15, 0.2) is 30.6 Å². The Morgan fingerprint density at radius 2 is 2.05 bits per heavy atom. The zero-order valence-corrected chi connectivity index (χ0v) is 13.0. The van der Waals surface area contributed by atoms with Gasteiger partial charge in [-0.2, -0.15) is 5.10 Å². The molecular weight excluding hydrogens is 278 g/mol. The predicted molar refractivity (Wildman–Crippen MR) is 85.0 cm³/mol. The molecule has 2 aromatic rings. The van der Waals surface area contributed by atoms with Gasteiger partial charge in [0.15, 0.2) is 6.61 Å². The Bertz CT molecular complexity index is 654. The molecule has 1 heterocycles. The van der Waals surface area contributed by atoms with Gasteiger partial charge in [0.25, 0.3) is 5.91 Å².